The number of hydrogen-bond acceptors (Lipinski definition) is 3. The zero-order valence-electron chi connectivity index (χ0n) is 10.3. The van der Waals surface area contributed by atoms with E-state index in [1.165, 1.54) is 12.1 Å². The molecule has 1 aromatic carbocycles. The van der Waals surface area contributed by atoms with Gasteiger partial charge in [0, 0.05) is 0 Å². The van der Waals surface area contributed by atoms with Crippen molar-refractivity contribution in [1.29, 1.82) is 0 Å². The number of carbonyl (C=O) groups is 2. The topological polar surface area (TPSA) is 83.8 Å². The van der Waals surface area contributed by atoms with Crippen LogP contribution < -0.4 is 4.74 Å². The van der Waals surface area contributed by atoms with Gasteiger partial charge in [0.15, 0.2) is 0 Å². The zero-order valence-corrected chi connectivity index (χ0v) is 10.3. The molecule has 5 heteroatoms. The molecule has 18 heavy (non-hydrogen) atoms. The molecule has 0 spiro atoms. The van der Waals surface area contributed by atoms with Gasteiger partial charge in [-0.3, -0.25) is 0 Å². The highest BCUT2D eigenvalue weighted by molar-refractivity contribution is 5.94. The summed E-state index contributed by atoms with van der Waals surface area (Å²) >= 11 is 0. The minimum atomic E-state index is -1.17. The van der Waals surface area contributed by atoms with Gasteiger partial charge in [-0.2, -0.15) is 0 Å². The summed E-state index contributed by atoms with van der Waals surface area (Å²) in [5.74, 6) is -1.75. The molecule has 0 aliphatic rings. The van der Waals surface area contributed by atoms with Crippen LogP contribution in [0, 0.1) is 5.92 Å². The Balaban J connectivity index is 2.96. The molecule has 0 aliphatic heterocycles. The van der Waals surface area contributed by atoms with E-state index in [0.717, 1.165) is 12.5 Å². The van der Waals surface area contributed by atoms with Crippen LogP contribution in [-0.4, -0.2) is 28.8 Å². The molecule has 0 aliphatic carbocycles. The van der Waals surface area contributed by atoms with E-state index in [1.807, 2.05) is 13.8 Å². The Morgan fingerprint density at radius 1 is 1.17 bits per heavy atom. The fraction of sp³-hybridized carbons (Fsp3) is 0.385. The van der Waals surface area contributed by atoms with E-state index in [-0.39, 0.29) is 16.9 Å². The molecule has 5 nitrogen and oxygen atoms in total. The van der Waals surface area contributed by atoms with Crippen LogP contribution in [0.5, 0.6) is 5.75 Å². The third kappa shape index (κ3) is 3.76. The van der Waals surface area contributed by atoms with Crippen LogP contribution in [0.4, 0.5) is 0 Å². The van der Waals surface area contributed by atoms with Crippen molar-refractivity contribution >= 4 is 11.9 Å². The van der Waals surface area contributed by atoms with Gasteiger partial charge in [0.25, 0.3) is 0 Å². The predicted octanol–water partition coefficient (Wildman–Crippen LogP) is 2.51. The lowest BCUT2D eigenvalue weighted by atomic mass is 10.1. The van der Waals surface area contributed by atoms with Crippen molar-refractivity contribution in [3.8, 4) is 5.75 Å². The Labute approximate surface area is 105 Å². The first kappa shape index (κ1) is 14.0. The number of aromatic carboxylic acids is 2. The van der Waals surface area contributed by atoms with Crippen LogP contribution in [0.1, 0.15) is 41.0 Å². The van der Waals surface area contributed by atoms with Crippen molar-refractivity contribution in [2.45, 2.75) is 20.3 Å². The smallest absolute Gasteiger partial charge is 0.335 e. The molecule has 0 amide bonds. The summed E-state index contributed by atoms with van der Waals surface area (Å²) in [5.41, 5.74) is -0.178. The van der Waals surface area contributed by atoms with Gasteiger partial charge in [-0.15, -0.1) is 0 Å². The number of hydrogen-bond donors (Lipinski definition) is 2. The van der Waals surface area contributed by atoms with E-state index in [2.05, 4.69) is 0 Å². The first-order valence-corrected chi connectivity index (χ1v) is 5.68. The molecule has 0 radical (unpaired) electrons. The van der Waals surface area contributed by atoms with Crippen LogP contribution in [-0.2, 0) is 0 Å². The Morgan fingerprint density at radius 3 is 2.06 bits per heavy atom. The van der Waals surface area contributed by atoms with Crippen LogP contribution in [0.15, 0.2) is 18.2 Å². The number of carboxylic acid groups (broad SMARTS) is 2. The monoisotopic (exact) mass is 252 g/mol. The van der Waals surface area contributed by atoms with Gasteiger partial charge < -0.3 is 14.9 Å². The number of carboxylic acids is 2. The Kier molecular flexibility index (Phi) is 4.71. The highest BCUT2D eigenvalue weighted by Gasteiger charge is 2.12. The van der Waals surface area contributed by atoms with Crippen LogP contribution in [0.25, 0.3) is 0 Å². The van der Waals surface area contributed by atoms with Crippen molar-refractivity contribution in [2.24, 2.45) is 5.92 Å². The zero-order chi connectivity index (χ0) is 13.7. The Hall–Kier alpha value is -2.04. The second-order valence-electron chi connectivity index (χ2n) is 4.18. The van der Waals surface area contributed by atoms with Crippen LogP contribution in [0.2, 0.25) is 0 Å². The highest BCUT2D eigenvalue weighted by atomic mass is 16.5. The van der Waals surface area contributed by atoms with Gasteiger partial charge in [0.2, 0.25) is 0 Å². The molecule has 0 saturated carbocycles. The molecule has 2 N–H and O–H groups in total. The van der Waals surface area contributed by atoms with Crippen LogP contribution >= 0.6 is 0 Å². The van der Waals surface area contributed by atoms with E-state index in [0.29, 0.717) is 12.5 Å². The summed E-state index contributed by atoms with van der Waals surface area (Å²) in [5, 5.41) is 17.8. The highest BCUT2D eigenvalue weighted by Crippen LogP contribution is 2.19. The largest absolute Gasteiger partial charge is 0.493 e. The molecule has 0 heterocycles. The lowest BCUT2D eigenvalue weighted by Crippen LogP contribution is -2.09. The molecule has 0 unspecified atom stereocenters. The molecule has 0 saturated heterocycles. The molecule has 1 aromatic rings. The van der Waals surface area contributed by atoms with Gasteiger partial charge in [-0.1, -0.05) is 20.3 Å². The second kappa shape index (κ2) is 6.05. The van der Waals surface area contributed by atoms with Gasteiger partial charge in [-0.25, -0.2) is 9.59 Å². The lowest BCUT2D eigenvalue weighted by molar-refractivity contribution is 0.0696. The molecule has 98 valence electrons. The van der Waals surface area contributed by atoms with E-state index in [4.69, 9.17) is 14.9 Å². The third-order valence-corrected chi connectivity index (χ3v) is 2.63. The molecular formula is C13H16O5. The molecular weight excluding hydrogens is 236 g/mol. The van der Waals surface area contributed by atoms with Crippen molar-refractivity contribution in [3.05, 3.63) is 29.3 Å². The average Bonchev–Trinajstić information content (AvgIpc) is 2.35. The summed E-state index contributed by atoms with van der Waals surface area (Å²) < 4.78 is 5.41. The van der Waals surface area contributed by atoms with Gasteiger partial charge in [0.1, 0.15) is 5.75 Å². The summed E-state index contributed by atoms with van der Waals surface area (Å²) in [6.07, 6.45) is 0.935. The molecule has 1 atom stereocenters. The quantitative estimate of drug-likeness (QED) is 0.812. The van der Waals surface area contributed by atoms with Crippen LogP contribution in [0.3, 0.4) is 0 Å². The summed E-state index contributed by atoms with van der Waals surface area (Å²) in [4.78, 5) is 21.7. The summed E-state index contributed by atoms with van der Waals surface area (Å²) in [6.45, 7) is 4.45. The summed E-state index contributed by atoms with van der Waals surface area (Å²) in [7, 11) is 0. The van der Waals surface area contributed by atoms with Gasteiger partial charge in [0.05, 0.1) is 17.7 Å². The van der Waals surface area contributed by atoms with Crippen molar-refractivity contribution in [2.75, 3.05) is 6.61 Å². The van der Waals surface area contributed by atoms with Crippen molar-refractivity contribution < 1.29 is 24.5 Å². The van der Waals surface area contributed by atoms with Crippen molar-refractivity contribution in [1.82, 2.24) is 0 Å². The minimum absolute atomic E-state index is 0.0888. The summed E-state index contributed by atoms with van der Waals surface area (Å²) in [6, 6.07) is 3.77. The standard InChI is InChI=1S/C13H16O5/c1-3-8(2)7-18-11-5-9(12(14)15)4-10(6-11)13(16)17/h4-6,8H,3,7H2,1-2H3,(H,14,15)(H,16,17)/t8-/m0/s1. The van der Waals surface area contributed by atoms with Gasteiger partial charge >= 0.3 is 11.9 Å². The lowest BCUT2D eigenvalue weighted by Gasteiger charge is -2.12. The first-order valence-electron chi connectivity index (χ1n) is 5.68. The molecule has 0 aromatic heterocycles. The van der Waals surface area contributed by atoms with Crippen molar-refractivity contribution in [3.63, 3.8) is 0 Å². The Morgan fingerprint density at radius 2 is 1.67 bits per heavy atom. The normalized spacial score (nSPS) is 11.9. The predicted molar refractivity (Wildman–Crippen MR) is 65.3 cm³/mol. The maximum absolute atomic E-state index is 10.9. The third-order valence-electron chi connectivity index (χ3n) is 2.63. The van der Waals surface area contributed by atoms with Gasteiger partial charge in [-0.05, 0) is 24.1 Å². The van der Waals surface area contributed by atoms with E-state index in [9.17, 15) is 9.59 Å². The number of rotatable bonds is 6. The molecule has 1 rings (SSSR count). The molecule has 0 fully saturated rings. The first-order chi connectivity index (χ1) is 8.43. The number of ether oxygens (including phenoxy) is 1. The Bertz CT molecular complexity index is 420. The fourth-order valence-corrected chi connectivity index (χ4v) is 1.29. The fourth-order valence-electron chi connectivity index (χ4n) is 1.29. The maximum Gasteiger partial charge on any atom is 0.335 e. The minimum Gasteiger partial charge on any atom is -0.493 e. The molecule has 0 bridgehead atoms. The maximum atomic E-state index is 10.9. The average molecular weight is 252 g/mol. The second-order valence-corrected chi connectivity index (χ2v) is 4.18. The van der Waals surface area contributed by atoms with E-state index in [1.54, 1.807) is 0 Å². The van der Waals surface area contributed by atoms with E-state index < -0.39 is 11.9 Å². The van der Waals surface area contributed by atoms with E-state index >= 15 is 0 Å². The number of benzene rings is 1. The SMILES string of the molecule is CC[C@H](C)COc1cc(C(=O)O)cc(C(=O)O)c1.